The third-order valence-electron chi connectivity index (χ3n) is 4.04. The lowest BCUT2D eigenvalue weighted by Crippen LogP contribution is -2.52. The Labute approximate surface area is 149 Å². The zero-order valence-corrected chi connectivity index (χ0v) is 14.6. The van der Waals surface area contributed by atoms with Gasteiger partial charge in [-0.2, -0.15) is 0 Å². The van der Waals surface area contributed by atoms with Gasteiger partial charge in [0.1, 0.15) is 5.82 Å². The monoisotopic (exact) mass is 362 g/mol. The number of carbonyl (C=O) groups is 2. The van der Waals surface area contributed by atoms with Crippen molar-refractivity contribution in [2.75, 3.05) is 25.0 Å². The molecule has 0 unspecified atom stereocenters. The van der Waals surface area contributed by atoms with Crippen LogP contribution in [0.3, 0.4) is 0 Å². The van der Waals surface area contributed by atoms with Gasteiger partial charge in [-0.25, -0.2) is 9.37 Å². The number of piperazine rings is 1. The summed E-state index contributed by atoms with van der Waals surface area (Å²) in [4.78, 5) is 30.6. The summed E-state index contributed by atoms with van der Waals surface area (Å²) in [6, 6.07) is 5.92. The van der Waals surface area contributed by atoms with Crippen molar-refractivity contribution >= 4 is 28.3 Å². The Bertz CT molecular complexity index is 780. The second kappa shape index (κ2) is 7.71. The largest absolute Gasteiger partial charge is 0.337 e. The quantitative estimate of drug-likeness (QED) is 0.871. The van der Waals surface area contributed by atoms with Crippen molar-refractivity contribution in [2.45, 2.75) is 19.4 Å². The van der Waals surface area contributed by atoms with Gasteiger partial charge in [-0.15, -0.1) is 11.3 Å². The molecule has 0 spiro atoms. The topological polar surface area (TPSA) is 74.3 Å². The standard InChI is InChI=1S/C17H19FN4O2S/c1-11-9-19-6-7-22(11)15(23)8-12-10-25-17(20-12)21-16(24)13-4-2-3-5-14(13)18/h2-5,10-11,19H,6-9H2,1H3,(H,20,21,24)/t11-/m0/s1. The fourth-order valence-electron chi connectivity index (χ4n) is 2.72. The van der Waals surface area contributed by atoms with Crippen molar-refractivity contribution in [2.24, 2.45) is 0 Å². The molecule has 132 valence electrons. The first-order chi connectivity index (χ1) is 12.0. The van der Waals surface area contributed by atoms with Crippen LogP contribution in [0.15, 0.2) is 29.6 Å². The van der Waals surface area contributed by atoms with E-state index in [1.54, 1.807) is 11.4 Å². The normalized spacial score (nSPS) is 17.4. The maximum absolute atomic E-state index is 13.6. The lowest BCUT2D eigenvalue weighted by atomic mass is 10.2. The average molecular weight is 362 g/mol. The van der Waals surface area contributed by atoms with Crippen LogP contribution in [0.2, 0.25) is 0 Å². The van der Waals surface area contributed by atoms with Gasteiger partial charge in [0.05, 0.1) is 17.7 Å². The number of anilines is 1. The summed E-state index contributed by atoms with van der Waals surface area (Å²) in [5.41, 5.74) is 0.564. The second-order valence-electron chi connectivity index (χ2n) is 5.90. The zero-order chi connectivity index (χ0) is 17.8. The molecule has 8 heteroatoms. The highest BCUT2D eigenvalue weighted by Gasteiger charge is 2.23. The number of nitrogens with one attached hydrogen (secondary N) is 2. The van der Waals surface area contributed by atoms with Crippen LogP contribution in [0, 0.1) is 5.82 Å². The number of carbonyl (C=O) groups excluding carboxylic acids is 2. The van der Waals surface area contributed by atoms with E-state index in [9.17, 15) is 14.0 Å². The van der Waals surface area contributed by atoms with E-state index < -0.39 is 11.7 Å². The first kappa shape index (κ1) is 17.5. The SMILES string of the molecule is C[C@H]1CNCCN1C(=O)Cc1csc(NC(=O)c2ccccc2F)n1. The van der Waals surface area contributed by atoms with Gasteiger partial charge in [-0.1, -0.05) is 12.1 Å². The predicted molar refractivity (Wildman–Crippen MR) is 94.2 cm³/mol. The van der Waals surface area contributed by atoms with Crippen LogP contribution in [-0.2, 0) is 11.2 Å². The molecule has 2 aromatic rings. The minimum atomic E-state index is -0.584. The van der Waals surface area contributed by atoms with E-state index >= 15 is 0 Å². The number of thiazole rings is 1. The highest BCUT2D eigenvalue weighted by molar-refractivity contribution is 7.14. The van der Waals surface area contributed by atoms with Gasteiger partial charge in [-0.05, 0) is 19.1 Å². The Balaban J connectivity index is 1.61. The number of hydrogen-bond acceptors (Lipinski definition) is 5. The van der Waals surface area contributed by atoms with Crippen LogP contribution in [-0.4, -0.2) is 47.4 Å². The summed E-state index contributed by atoms with van der Waals surface area (Å²) in [5, 5.41) is 7.91. The molecule has 1 aromatic heterocycles. The zero-order valence-electron chi connectivity index (χ0n) is 13.8. The first-order valence-corrected chi connectivity index (χ1v) is 8.93. The summed E-state index contributed by atoms with van der Waals surface area (Å²) in [6.45, 7) is 4.26. The van der Waals surface area contributed by atoms with Crippen LogP contribution in [0.25, 0.3) is 0 Å². The van der Waals surface area contributed by atoms with Gasteiger partial charge in [0, 0.05) is 31.1 Å². The predicted octanol–water partition coefficient (Wildman–Crippen LogP) is 1.90. The molecule has 3 rings (SSSR count). The van der Waals surface area contributed by atoms with E-state index in [1.807, 2.05) is 11.8 Å². The molecule has 0 radical (unpaired) electrons. The summed E-state index contributed by atoms with van der Waals surface area (Å²) in [6.07, 6.45) is 0.191. The van der Waals surface area contributed by atoms with Crippen LogP contribution in [0.4, 0.5) is 9.52 Å². The fraction of sp³-hybridized carbons (Fsp3) is 0.353. The van der Waals surface area contributed by atoms with Crippen molar-refractivity contribution in [1.29, 1.82) is 0 Å². The van der Waals surface area contributed by atoms with Gasteiger partial charge in [-0.3, -0.25) is 14.9 Å². The average Bonchev–Trinajstić information content (AvgIpc) is 3.02. The van der Waals surface area contributed by atoms with Gasteiger partial charge in [0.2, 0.25) is 5.91 Å². The molecule has 25 heavy (non-hydrogen) atoms. The second-order valence-corrected chi connectivity index (χ2v) is 6.75. The van der Waals surface area contributed by atoms with E-state index in [-0.39, 0.29) is 23.9 Å². The number of nitrogens with zero attached hydrogens (tertiary/aromatic N) is 2. The summed E-state index contributed by atoms with van der Waals surface area (Å²) in [7, 11) is 0. The Hall–Kier alpha value is -2.32. The van der Waals surface area contributed by atoms with E-state index in [4.69, 9.17) is 0 Å². The Morgan fingerprint density at radius 2 is 2.24 bits per heavy atom. The molecule has 1 aliphatic heterocycles. The molecule has 2 amide bonds. The minimum Gasteiger partial charge on any atom is -0.337 e. The maximum Gasteiger partial charge on any atom is 0.260 e. The Morgan fingerprint density at radius 1 is 1.44 bits per heavy atom. The lowest BCUT2D eigenvalue weighted by Gasteiger charge is -2.33. The van der Waals surface area contributed by atoms with E-state index in [0.717, 1.165) is 13.1 Å². The van der Waals surface area contributed by atoms with Gasteiger partial charge in [0.25, 0.3) is 5.91 Å². The Kier molecular flexibility index (Phi) is 5.40. The van der Waals surface area contributed by atoms with Crippen LogP contribution >= 0.6 is 11.3 Å². The van der Waals surface area contributed by atoms with Crippen molar-refractivity contribution in [3.63, 3.8) is 0 Å². The molecule has 0 bridgehead atoms. The maximum atomic E-state index is 13.6. The molecule has 1 saturated heterocycles. The summed E-state index contributed by atoms with van der Waals surface area (Å²) < 4.78 is 13.6. The van der Waals surface area contributed by atoms with Crippen molar-refractivity contribution in [3.8, 4) is 0 Å². The number of halogens is 1. The number of hydrogen-bond donors (Lipinski definition) is 2. The van der Waals surface area contributed by atoms with E-state index in [2.05, 4.69) is 15.6 Å². The number of amides is 2. The third-order valence-corrected chi connectivity index (χ3v) is 4.85. The molecule has 1 fully saturated rings. The molecule has 0 saturated carbocycles. The van der Waals surface area contributed by atoms with Crippen LogP contribution in [0.1, 0.15) is 23.0 Å². The molecule has 0 aliphatic carbocycles. The minimum absolute atomic E-state index is 0.0197. The van der Waals surface area contributed by atoms with Crippen molar-refractivity contribution in [1.82, 2.24) is 15.2 Å². The highest BCUT2D eigenvalue weighted by Crippen LogP contribution is 2.18. The molecule has 1 aromatic carbocycles. The summed E-state index contributed by atoms with van der Waals surface area (Å²) in [5.74, 6) is -1.12. The molecule has 2 heterocycles. The molecular weight excluding hydrogens is 343 g/mol. The third kappa shape index (κ3) is 4.21. The van der Waals surface area contributed by atoms with Gasteiger partial charge in [0.15, 0.2) is 5.13 Å². The summed E-state index contributed by atoms with van der Waals surface area (Å²) >= 11 is 1.22. The molecular formula is C17H19FN4O2S. The molecule has 6 nitrogen and oxygen atoms in total. The van der Waals surface area contributed by atoms with Crippen molar-refractivity contribution < 1.29 is 14.0 Å². The van der Waals surface area contributed by atoms with Crippen LogP contribution in [0.5, 0.6) is 0 Å². The smallest absolute Gasteiger partial charge is 0.260 e. The fourth-order valence-corrected chi connectivity index (χ4v) is 3.43. The van der Waals surface area contributed by atoms with Gasteiger partial charge < -0.3 is 10.2 Å². The van der Waals surface area contributed by atoms with Gasteiger partial charge >= 0.3 is 0 Å². The number of rotatable bonds is 4. The number of benzene rings is 1. The van der Waals surface area contributed by atoms with E-state index in [0.29, 0.717) is 17.4 Å². The molecule has 1 aliphatic rings. The highest BCUT2D eigenvalue weighted by atomic mass is 32.1. The first-order valence-electron chi connectivity index (χ1n) is 8.05. The lowest BCUT2D eigenvalue weighted by molar-refractivity contribution is -0.133. The van der Waals surface area contributed by atoms with E-state index in [1.165, 1.54) is 29.5 Å². The van der Waals surface area contributed by atoms with Crippen LogP contribution < -0.4 is 10.6 Å². The van der Waals surface area contributed by atoms with Crippen molar-refractivity contribution in [3.05, 3.63) is 46.7 Å². The molecule has 2 N–H and O–H groups in total. The number of aromatic nitrogens is 1. The molecule has 1 atom stereocenters. The Morgan fingerprint density at radius 3 is 3.00 bits per heavy atom.